The van der Waals surface area contributed by atoms with Gasteiger partial charge >= 0.3 is 0 Å². The van der Waals surface area contributed by atoms with Crippen LogP contribution in [0, 0.1) is 22.2 Å². The highest BCUT2D eigenvalue weighted by Crippen LogP contribution is 2.92. The first kappa shape index (κ1) is 10.7. The molecule has 3 unspecified atom stereocenters. The third-order valence-corrected chi connectivity index (χ3v) is 6.68. The van der Waals surface area contributed by atoms with E-state index in [1.807, 2.05) is 13.8 Å². The topological polar surface area (TPSA) is 71.4 Å². The van der Waals surface area contributed by atoms with Gasteiger partial charge in [-0.1, -0.05) is 13.8 Å². The average molecular weight is 244 g/mol. The second-order valence-electron chi connectivity index (χ2n) is 6.14. The molecule has 0 aromatic rings. The van der Waals surface area contributed by atoms with Gasteiger partial charge in [0.1, 0.15) is 5.78 Å². The van der Waals surface area contributed by atoms with Crippen molar-refractivity contribution >= 4 is 15.9 Å². The molecule has 3 saturated carbocycles. The Kier molecular flexibility index (Phi) is 1.60. The van der Waals surface area contributed by atoms with Gasteiger partial charge in [0.05, 0.1) is 5.75 Å². The van der Waals surface area contributed by atoms with E-state index < -0.39 is 15.5 Å². The summed E-state index contributed by atoms with van der Waals surface area (Å²) >= 11 is 0. The smallest absolute Gasteiger partial charge is 0.265 e. The van der Waals surface area contributed by atoms with Crippen LogP contribution in [0.1, 0.15) is 33.1 Å². The van der Waals surface area contributed by atoms with Crippen molar-refractivity contribution in [3.05, 3.63) is 0 Å². The summed E-state index contributed by atoms with van der Waals surface area (Å²) in [6.45, 7) is 4.08. The molecule has 0 saturated heterocycles. The largest absolute Gasteiger partial charge is 0.299 e. The molecule has 0 aromatic heterocycles. The first-order chi connectivity index (χ1) is 7.18. The number of carbonyl (C=O) groups is 1. The van der Waals surface area contributed by atoms with E-state index in [4.69, 9.17) is 4.55 Å². The lowest BCUT2D eigenvalue weighted by Gasteiger charge is -2.37. The number of carbonyl (C=O) groups excluding carboxylic acids is 1. The molecule has 1 spiro atoms. The molecular formula is C11H16O4S. The first-order valence-corrected chi connectivity index (χ1v) is 7.27. The number of hydrogen-bond acceptors (Lipinski definition) is 3. The predicted octanol–water partition coefficient (Wildman–Crippen LogP) is 1.27. The quantitative estimate of drug-likeness (QED) is 0.742. The van der Waals surface area contributed by atoms with Crippen LogP contribution in [0.3, 0.4) is 0 Å². The third-order valence-electron chi connectivity index (χ3n) is 5.82. The molecule has 4 nitrogen and oxygen atoms in total. The Morgan fingerprint density at radius 2 is 2.06 bits per heavy atom. The van der Waals surface area contributed by atoms with Gasteiger partial charge < -0.3 is 0 Å². The van der Waals surface area contributed by atoms with Gasteiger partial charge in [0, 0.05) is 17.8 Å². The van der Waals surface area contributed by atoms with E-state index in [1.54, 1.807) is 0 Å². The highest BCUT2D eigenvalue weighted by Gasteiger charge is 2.91. The zero-order valence-electron chi connectivity index (χ0n) is 9.49. The lowest BCUT2D eigenvalue weighted by molar-refractivity contribution is -0.127. The van der Waals surface area contributed by atoms with Crippen LogP contribution in [0.4, 0.5) is 0 Å². The normalized spacial score (nSPS) is 48.2. The maximum absolute atomic E-state index is 11.8. The van der Waals surface area contributed by atoms with Crippen LogP contribution in [-0.2, 0) is 14.9 Å². The molecule has 1 N–H and O–H groups in total. The maximum Gasteiger partial charge on any atom is 0.265 e. The molecule has 0 aromatic carbocycles. The molecule has 3 rings (SSSR count). The van der Waals surface area contributed by atoms with Crippen LogP contribution in [0.25, 0.3) is 0 Å². The van der Waals surface area contributed by atoms with Gasteiger partial charge in [-0.15, -0.1) is 0 Å². The molecule has 3 aliphatic carbocycles. The first-order valence-electron chi connectivity index (χ1n) is 5.66. The number of Topliss-reactive ketones (excluding diaryl/α,β-unsaturated/α-hetero) is 1. The third kappa shape index (κ3) is 0.808. The Morgan fingerprint density at radius 3 is 2.50 bits per heavy atom. The maximum atomic E-state index is 11.8. The summed E-state index contributed by atoms with van der Waals surface area (Å²) in [5.74, 6) is 0.0216. The fourth-order valence-electron chi connectivity index (χ4n) is 5.00. The molecule has 3 aliphatic rings. The lowest BCUT2D eigenvalue weighted by atomic mass is 9.66. The van der Waals surface area contributed by atoms with Gasteiger partial charge in [-0.2, -0.15) is 8.42 Å². The molecule has 0 radical (unpaired) electrons. The Balaban J connectivity index is 2.06. The van der Waals surface area contributed by atoms with Crippen LogP contribution < -0.4 is 0 Å². The zero-order chi connectivity index (χ0) is 12.0. The Morgan fingerprint density at radius 1 is 1.44 bits per heavy atom. The van der Waals surface area contributed by atoms with Crippen molar-refractivity contribution in [3.63, 3.8) is 0 Å². The van der Waals surface area contributed by atoms with Gasteiger partial charge in [0.25, 0.3) is 10.1 Å². The fourth-order valence-corrected chi connectivity index (χ4v) is 6.34. The van der Waals surface area contributed by atoms with E-state index in [0.29, 0.717) is 6.42 Å². The summed E-state index contributed by atoms with van der Waals surface area (Å²) in [6, 6.07) is 0. The van der Waals surface area contributed by atoms with E-state index in [9.17, 15) is 13.2 Å². The van der Waals surface area contributed by atoms with Crippen LogP contribution in [0.2, 0.25) is 0 Å². The van der Waals surface area contributed by atoms with Gasteiger partial charge in [-0.3, -0.25) is 9.35 Å². The molecule has 3 atom stereocenters. The van der Waals surface area contributed by atoms with Crippen LogP contribution in [0.15, 0.2) is 0 Å². The number of rotatable bonds is 2. The Hall–Kier alpha value is -0.420. The zero-order valence-corrected chi connectivity index (χ0v) is 10.3. The molecule has 90 valence electrons. The van der Waals surface area contributed by atoms with Crippen LogP contribution in [0.5, 0.6) is 0 Å². The SMILES string of the molecule is CC1(C)C2(CS(=O)(=O)O)CC(=O)C3CCC312. The summed E-state index contributed by atoms with van der Waals surface area (Å²) < 4.78 is 31.3. The Bertz CT molecular complexity index is 492. The Labute approximate surface area is 95.2 Å². The minimum atomic E-state index is -4.00. The second-order valence-corrected chi connectivity index (χ2v) is 7.59. The molecule has 0 amide bonds. The predicted molar refractivity (Wildman–Crippen MR) is 57.4 cm³/mol. The van der Waals surface area contributed by atoms with Crippen LogP contribution in [-0.4, -0.2) is 24.5 Å². The van der Waals surface area contributed by atoms with E-state index in [0.717, 1.165) is 12.8 Å². The number of ketones is 1. The van der Waals surface area contributed by atoms with Crippen molar-refractivity contribution in [3.8, 4) is 0 Å². The summed E-state index contributed by atoms with van der Waals surface area (Å²) in [5.41, 5.74) is -0.715. The van der Waals surface area contributed by atoms with Gasteiger partial charge in [-0.25, -0.2) is 0 Å². The molecule has 0 aliphatic heterocycles. The van der Waals surface area contributed by atoms with Crippen molar-refractivity contribution in [2.75, 3.05) is 5.75 Å². The average Bonchev–Trinajstić information content (AvgIpc) is 2.27. The lowest BCUT2D eigenvalue weighted by Crippen LogP contribution is -2.35. The minimum Gasteiger partial charge on any atom is -0.299 e. The van der Waals surface area contributed by atoms with Crippen molar-refractivity contribution in [1.29, 1.82) is 0 Å². The van der Waals surface area contributed by atoms with E-state index in [1.165, 1.54) is 0 Å². The molecule has 5 heteroatoms. The van der Waals surface area contributed by atoms with E-state index >= 15 is 0 Å². The standard InChI is InChI=1S/C11H16O4S/c1-9(2)10(6-16(13,14)15)5-8(12)7-3-4-11(7,9)10/h7H,3-6H2,1-2H3,(H,13,14,15). The molecule has 16 heavy (non-hydrogen) atoms. The van der Waals surface area contributed by atoms with Gasteiger partial charge in [-0.05, 0) is 23.7 Å². The summed E-state index contributed by atoms with van der Waals surface area (Å²) in [6.07, 6.45) is 2.17. The highest BCUT2D eigenvalue weighted by atomic mass is 32.2. The summed E-state index contributed by atoms with van der Waals surface area (Å²) in [5, 5.41) is 0. The summed E-state index contributed by atoms with van der Waals surface area (Å²) in [4.78, 5) is 11.8. The van der Waals surface area contributed by atoms with Gasteiger partial charge in [0.15, 0.2) is 0 Å². The van der Waals surface area contributed by atoms with Crippen molar-refractivity contribution in [1.82, 2.24) is 0 Å². The molecular weight excluding hydrogens is 228 g/mol. The number of hydrogen-bond donors (Lipinski definition) is 1. The van der Waals surface area contributed by atoms with Crippen molar-refractivity contribution in [2.45, 2.75) is 33.1 Å². The molecule has 0 heterocycles. The fraction of sp³-hybridized carbons (Fsp3) is 0.909. The van der Waals surface area contributed by atoms with Crippen molar-refractivity contribution in [2.24, 2.45) is 22.2 Å². The van der Waals surface area contributed by atoms with Crippen molar-refractivity contribution < 1.29 is 17.8 Å². The van der Waals surface area contributed by atoms with E-state index in [2.05, 4.69) is 0 Å². The molecule has 3 fully saturated rings. The highest BCUT2D eigenvalue weighted by molar-refractivity contribution is 7.85. The monoisotopic (exact) mass is 244 g/mol. The minimum absolute atomic E-state index is 0.0595. The van der Waals surface area contributed by atoms with Gasteiger partial charge in [0.2, 0.25) is 0 Å². The summed E-state index contributed by atoms with van der Waals surface area (Å²) in [7, 11) is -4.00. The molecule has 0 bridgehead atoms. The second kappa shape index (κ2) is 2.38. The van der Waals surface area contributed by atoms with Crippen LogP contribution >= 0.6 is 0 Å². The van der Waals surface area contributed by atoms with E-state index in [-0.39, 0.29) is 28.3 Å².